The van der Waals surface area contributed by atoms with Crippen LogP contribution in [-0.4, -0.2) is 17.8 Å². The quantitative estimate of drug-likeness (QED) is 0.770. The normalized spacial score (nSPS) is 12.9. The molecule has 0 aliphatic carbocycles. The molecule has 78 valence electrons. The van der Waals surface area contributed by atoms with Gasteiger partial charge in [0.2, 0.25) is 0 Å². The van der Waals surface area contributed by atoms with Crippen LogP contribution in [0.1, 0.15) is 32.3 Å². The number of aliphatic hydroxyl groups is 1. The van der Waals surface area contributed by atoms with Gasteiger partial charge in [0.15, 0.2) is 0 Å². The van der Waals surface area contributed by atoms with Crippen LogP contribution in [0.3, 0.4) is 0 Å². The van der Waals surface area contributed by atoms with Gasteiger partial charge in [-0.1, -0.05) is 26.0 Å². The van der Waals surface area contributed by atoms with Gasteiger partial charge in [-0.2, -0.15) is 0 Å². The second-order valence-electron chi connectivity index (χ2n) is 4.01. The molecule has 0 amide bonds. The SMILES string of the molecule is CC(C)c1ccc(NC[C@@H](C)O)cc1. The molecule has 0 spiro atoms. The maximum Gasteiger partial charge on any atom is 0.0684 e. The standard InChI is InChI=1S/C12H19NO/c1-9(2)11-4-6-12(7-5-11)13-8-10(3)14/h4-7,9-10,13-14H,8H2,1-3H3/t10-/m1/s1. The Morgan fingerprint density at radius 2 is 1.71 bits per heavy atom. The summed E-state index contributed by atoms with van der Waals surface area (Å²) >= 11 is 0. The lowest BCUT2D eigenvalue weighted by atomic mass is 10.0. The summed E-state index contributed by atoms with van der Waals surface area (Å²) in [6.45, 7) is 6.73. The van der Waals surface area contributed by atoms with E-state index in [4.69, 9.17) is 5.11 Å². The average Bonchev–Trinajstić information content (AvgIpc) is 2.15. The molecule has 0 aromatic heterocycles. The monoisotopic (exact) mass is 193 g/mol. The summed E-state index contributed by atoms with van der Waals surface area (Å²) in [5.41, 5.74) is 2.41. The van der Waals surface area contributed by atoms with Gasteiger partial charge in [0.1, 0.15) is 0 Å². The highest BCUT2D eigenvalue weighted by atomic mass is 16.3. The fourth-order valence-corrected chi connectivity index (χ4v) is 1.25. The minimum absolute atomic E-state index is 0.306. The van der Waals surface area contributed by atoms with Crippen LogP contribution < -0.4 is 5.32 Å². The van der Waals surface area contributed by atoms with E-state index >= 15 is 0 Å². The van der Waals surface area contributed by atoms with Crippen molar-refractivity contribution in [3.8, 4) is 0 Å². The third-order valence-electron chi connectivity index (χ3n) is 2.18. The zero-order valence-electron chi connectivity index (χ0n) is 9.12. The Morgan fingerprint density at radius 1 is 1.14 bits per heavy atom. The van der Waals surface area contributed by atoms with Crippen molar-refractivity contribution in [1.82, 2.24) is 0 Å². The molecular weight excluding hydrogens is 174 g/mol. The van der Waals surface area contributed by atoms with Crippen molar-refractivity contribution in [2.24, 2.45) is 0 Å². The number of benzene rings is 1. The first-order valence-corrected chi connectivity index (χ1v) is 5.11. The summed E-state index contributed by atoms with van der Waals surface area (Å²) in [5.74, 6) is 0.570. The van der Waals surface area contributed by atoms with Gasteiger partial charge in [-0.15, -0.1) is 0 Å². The van der Waals surface area contributed by atoms with Crippen LogP contribution in [0, 0.1) is 0 Å². The average molecular weight is 193 g/mol. The number of rotatable bonds is 4. The first kappa shape index (κ1) is 11.1. The molecule has 2 nitrogen and oxygen atoms in total. The topological polar surface area (TPSA) is 32.3 Å². The van der Waals surface area contributed by atoms with Gasteiger partial charge in [0, 0.05) is 12.2 Å². The van der Waals surface area contributed by atoms with Gasteiger partial charge in [-0.05, 0) is 30.5 Å². The van der Waals surface area contributed by atoms with Crippen LogP contribution in [0.25, 0.3) is 0 Å². The highest BCUT2D eigenvalue weighted by Gasteiger charge is 1.99. The maximum atomic E-state index is 9.09. The molecule has 0 saturated carbocycles. The predicted molar refractivity (Wildman–Crippen MR) is 60.7 cm³/mol. The van der Waals surface area contributed by atoms with E-state index < -0.39 is 0 Å². The van der Waals surface area contributed by atoms with Crippen molar-refractivity contribution in [3.63, 3.8) is 0 Å². The molecule has 0 saturated heterocycles. The fourth-order valence-electron chi connectivity index (χ4n) is 1.25. The predicted octanol–water partition coefficient (Wildman–Crippen LogP) is 2.60. The van der Waals surface area contributed by atoms with Gasteiger partial charge in [-0.25, -0.2) is 0 Å². The summed E-state index contributed by atoms with van der Waals surface area (Å²) in [5, 5.41) is 12.3. The molecule has 0 heterocycles. The zero-order chi connectivity index (χ0) is 10.6. The van der Waals surface area contributed by atoms with Crippen LogP contribution >= 0.6 is 0 Å². The van der Waals surface area contributed by atoms with Gasteiger partial charge in [-0.3, -0.25) is 0 Å². The fraction of sp³-hybridized carbons (Fsp3) is 0.500. The molecule has 2 N–H and O–H groups in total. The summed E-state index contributed by atoms with van der Waals surface area (Å²) in [6.07, 6.45) is -0.306. The Bertz CT molecular complexity index is 264. The molecule has 0 aliphatic rings. The Kier molecular flexibility index (Phi) is 3.96. The van der Waals surface area contributed by atoms with Gasteiger partial charge < -0.3 is 10.4 Å². The summed E-state index contributed by atoms with van der Waals surface area (Å²) in [7, 11) is 0. The van der Waals surface area contributed by atoms with Crippen LogP contribution in [0.5, 0.6) is 0 Å². The number of hydrogen-bond donors (Lipinski definition) is 2. The summed E-state index contributed by atoms with van der Waals surface area (Å²) in [6, 6.07) is 8.35. The molecule has 1 atom stereocenters. The number of aliphatic hydroxyl groups excluding tert-OH is 1. The van der Waals surface area contributed by atoms with Crippen molar-refractivity contribution in [2.75, 3.05) is 11.9 Å². The Labute approximate surface area is 86.0 Å². The van der Waals surface area contributed by atoms with Gasteiger partial charge in [0.05, 0.1) is 6.10 Å². The third-order valence-corrected chi connectivity index (χ3v) is 2.18. The number of hydrogen-bond acceptors (Lipinski definition) is 2. The van der Waals surface area contributed by atoms with E-state index in [2.05, 4.69) is 43.4 Å². The smallest absolute Gasteiger partial charge is 0.0684 e. The first-order valence-electron chi connectivity index (χ1n) is 5.11. The molecular formula is C12H19NO. The van der Waals surface area contributed by atoms with E-state index in [9.17, 15) is 0 Å². The number of anilines is 1. The van der Waals surface area contributed by atoms with E-state index in [1.54, 1.807) is 6.92 Å². The van der Waals surface area contributed by atoms with Gasteiger partial charge >= 0.3 is 0 Å². The molecule has 1 aromatic carbocycles. The Morgan fingerprint density at radius 3 is 2.14 bits per heavy atom. The van der Waals surface area contributed by atoms with Crippen LogP contribution in [0.15, 0.2) is 24.3 Å². The first-order chi connectivity index (χ1) is 6.59. The number of nitrogens with one attached hydrogen (secondary N) is 1. The minimum atomic E-state index is -0.306. The largest absolute Gasteiger partial charge is 0.392 e. The molecule has 0 radical (unpaired) electrons. The maximum absolute atomic E-state index is 9.09. The van der Waals surface area contributed by atoms with Crippen molar-refractivity contribution in [3.05, 3.63) is 29.8 Å². The molecule has 14 heavy (non-hydrogen) atoms. The van der Waals surface area contributed by atoms with E-state index in [1.807, 2.05) is 0 Å². The van der Waals surface area contributed by atoms with E-state index in [0.717, 1.165) is 5.69 Å². The second kappa shape index (κ2) is 5.01. The molecule has 0 bridgehead atoms. The highest BCUT2D eigenvalue weighted by Crippen LogP contribution is 2.16. The minimum Gasteiger partial charge on any atom is -0.392 e. The lowest BCUT2D eigenvalue weighted by Gasteiger charge is -2.10. The molecule has 0 aliphatic heterocycles. The van der Waals surface area contributed by atoms with Gasteiger partial charge in [0.25, 0.3) is 0 Å². The Hall–Kier alpha value is -1.02. The van der Waals surface area contributed by atoms with Crippen LogP contribution in [-0.2, 0) is 0 Å². The summed E-state index contributed by atoms with van der Waals surface area (Å²) in [4.78, 5) is 0. The van der Waals surface area contributed by atoms with Crippen molar-refractivity contribution in [1.29, 1.82) is 0 Å². The lowest BCUT2D eigenvalue weighted by Crippen LogP contribution is -2.15. The summed E-state index contributed by atoms with van der Waals surface area (Å²) < 4.78 is 0. The van der Waals surface area contributed by atoms with Crippen molar-refractivity contribution in [2.45, 2.75) is 32.8 Å². The second-order valence-corrected chi connectivity index (χ2v) is 4.01. The van der Waals surface area contributed by atoms with E-state index in [1.165, 1.54) is 5.56 Å². The van der Waals surface area contributed by atoms with Crippen molar-refractivity contribution < 1.29 is 5.11 Å². The molecule has 0 unspecified atom stereocenters. The molecule has 2 heteroatoms. The van der Waals surface area contributed by atoms with Crippen LogP contribution in [0.2, 0.25) is 0 Å². The lowest BCUT2D eigenvalue weighted by molar-refractivity contribution is 0.208. The molecule has 0 fully saturated rings. The third kappa shape index (κ3) is 3.38. The molecule has 1 rings (SSSR count). The van der Waals surface area contributed by atoms with E-state index in [-0.39, 0.29) is 6.10 Å². The van der Waals surface area contributed by atoms with Crippen molar-refractivity contribution >= 4 is 5.69 Å². The highest BCUT2D eigenvalue weighted by molar-refractivity contribution is 5.45. The van der Waals surface area contributed by atoms with Crippen LogP contribution in [0.4, 0.5) is 5.69 Å². The van der Waals surface area contributed by atoms with E-state index in [0.29, 0.717) is 12.5 Å². The Balaban J connectivity index is 2.55. The molecule has 1 aromatic rings. The zero-order valence-corrected chi connectivity index (χ0v) is 9.12.